The van der Waals surface area contributed by atoms with E-state index in [9.17, 15) is 8.42 Å². The Hall–Kier alpha value is -2.59. The number of methoxy groups -OCH3 is 3. The van der Waals surface area contributed by atoms with Crippen molar-refractivity contribution in [3.63, 3.8) is 0 Å². The number of rotatable bonds is 7. The Morgan fingerprint density at radius 1 is 1.00 bits per heavy atom. The van der Waals surface area contributed by atoms with Crippen LogP contribution in [0.3, 0.4) is 0 Å². The van der Waals surface area contributed by atoms with Crippen molar-refractivity contribution in [3.8, 4) is 23.3 Å². The highest BCUT2D eigenvalue weighted by Gasteiger charge is 2.35. The lowest BCUT2D eigenvalue weighted by atomic mass is 10.3. The van der Waals surface area contributed by atoms with Crippen molar-refractivity contribution in [1.29, 1.82) is 0 Å². The summed E-state index contributed by atoms with van der Waals surface area (Å²) in [4.78, 5) is 0.0641. The number of sulfonamides is 1. The topological polar surface area (TPSA) is 100 Å². The Morgan fingerprint density at radius 3 is 2.37 bits per heavy atom. The molecule has 3 rings (SSSR count). The first kappa shape index (κ1) is 19.2. The summed E-state index contributed by atoms with van der Waals surface area (Å²) < 4.78 is 48.5. The van der Waals surface area contributed by atoms with Gasteiger partial charge in [0.25, 0.3) is 0 Å². The largest absolute Gasteiger partial charge is 0.497 e. The maximum atomic E-state index is 13.1. The average Bonchev–Trinajstić information content (AvgIpc) is 3.17. The first-order valence-corrected chi connectivity index (χ1v) is 9.68. The van der Waals surface area contributed by atoms with Gasteiger partial charge in [-0.1, -0.05) is 0 Å². The van der Waals surface area contributed by atoms with E-state index in [0.29, 0.717) is 30.5 Å². The van der Waals surface area contributed by atoms with Gasteiger partial charge in [-0.15, -0.1) is 10.2 Å². The summed E-state index contributed by atoms with van der Waals surface area (Å²) in [6.07, 6.45) is 0.221. The Kier molecular flexibility index (Phi) is 5.66. The third-order valence-corrected chi connectivity index (χ3v) is 6.09. The molecule has 1 atom stereocenters. The van der Waals surface area contributed by atoms with Crippen LogP contribution in [0.25, 0.3) is 0 Å². The molecule has 0 spiro atoms. The van der Waals surface area contributed by atoms with Crippen LogP contribution in [0.15, 0.2) is 35.2 Å². The fraction of sp³-hybridized carbons (Fsp3) is 0.412. The van der Waals surface area contributed by atoms with Gasteiger partial charge in [0.15, 0.2) is 0 Å². The van der Waals surface area contributed by atoms with Crippen LogP contribution in [-0.4, -0.2) is 63.4 Å². The molecular weight excluding hydrogens is 374 g/mol. The minimum atomic E-state index is -3.76. The first-order valence-electron chi connectivity index (χ1n) is 8.24. The number of hydrogen-bond acceptors (Lipinski definition) is 8. The molecule has 0 N–H and O–H groups in total. The molecule has 9 nitrogen and oxygen atoms in total. The van der Waals surface area contributed by atoms with Crippen LogP contribution < -0.4 is 18.9 Å². The van der Waals surface area contributed by atoms with Crippen molar-refractivity contribution < 1.29 is 27.4 Å². The predicted octanol–water partition coefficient (Wildman–Crippen LogP) is 1.34. The van der Waals surface area contributed by atoms with Crippen molar-refractivity contribution in [2.75, 3.05) is 34.4 Å². The second kappa shape index (κ2) is 7.97. The molecule has 0 aliphatic carbocycles. The summed E-state index contributed by atoms with van der Waals surface area (Å²) in [5, 5.41) is 7.74. The van der Waals surface area contributed by atoms with Gasteiger partial charge in [-0.05, 0) is 18.6 Å². The Morgan fingerprint density at radius 2 is 1.74 bits per heavy atom. The molecule has 1 aromatic heterocycles. The van der Waals surface area contributed by atoms with E-state index in [0.717, 1.165) is 0 Å². The van der Waals surface area contributed by atoms with Crippen LogP contribution in [0.2, 0.25) is 0 Å². The minimum absolute atomic E-state index is 0.0641. The highest BCUT2D eigenvalue weighted by atomic mass is 32.2. The molecule has 0 bridgehead atoms. The first-order chi connectivity index (χ1) is 13.0. The lowest BCUT2D eigenvalue weighted by Gasteiger charge is -2.19. The van der Waals surface area contributed by atoms with E-state index in [1.54, 1.807) is 24.3 Å². The summed E-state index contributed by atoms with van der Waals surface area (Å²) in [7, 11) is 0.649. The second-order valence-electron chi connectivity index (χ2n) is 5.82. The lowest BCUT2D eigenvalue weighted by molar-refractivity contribution is 0.203. The summed E-state index contributed by atoms with van der Waals surface area (Å²) in [5.41, 5.74) is 0. The zero-order chi connectivity index (χ0) is 19.4. The lowest BCUT2D eigenvalue weighted by Crippen LogP contribution is -2.31. The summed E-state index contributed by atoms with van der Waals surface area (Å²) in [6, 6.07) is 7.94. The highest BCUT2D eigenvalue weighted by Crippen LogP contribution is 2.32. The van der Waals surface area contributed by atoms with Crippen LogP contribution in [-0.2, 0) is 10.0 Å². The fourth-order valence-electron chi connectivity index (χ4n) is 2.79. The number of ether oxygens (including phenoxy) is 4. The van der Waals surface area contributed by atoms with Gasteiger partial charge in [0.2, 0.25) is 21.8 Å². The molecule has 2 aromatic rings. The van der Waals surface area contributed by atoms with Crippen LogP contribution in [0.5, 0.6) is 23.3 Å². The molecule has 1 aliphatic heterocycles. The molecule has 1 aromatic carbocycles. The Bertz CT molecular complexity index is 888. The highest BCUT2D eigenvalue weighted by molar-refractivity contribution is 7.89. The molecule has 27 heavy (non-hydrogen) atoms. The maximum absolute atomic E-state index is 13.1. The average molecular weight is 395 g/mol. The zero-order valence-electron chi connectivity index (χ0n) is 15.3. The minimum Gasteiger partial charge on any atom is -0.497 e. The van der Waals surface area contributed by atoms with E-state index < -0.39 is 10.0 Å². The molecule has 10 heteroatoms. The van der Waals surface area contributed by atoms with Gasteiger partial charge in [0.1, 0.15) is 22.5 Å². The van der Waals surface area contributed by atoms with E-state index in [2.05, 4.69) is 10.2 Å². The normalized spacial score (nSPS) is 17.5. The maximum Gasteiger partial charge on any atom is 0.247 e. The Labute approximate surface area is 157 Å². The summed E-state index contributed by atoms with van der Waals surface area (Å²) in [6.45, 7) is 0.535. The van der Waals surface area contributed by atoms with Crippen LogP contribution in [0.4, 0.5) is 0 Å². The third-order valence-electron chi connectivity index (χ3n) is 4.21. The molecule has 1 unspecified atom stereocenters. The van der Waals surface area contributed by atoms with Crippen LogP contribution >= 0.6 is 0 Å². The number of nitrogens with zero attached hydrogens (tertiary/aromatic N) is 3. The molecular formula is C17H21N3O6S. The van der Waals surface area contributed by atoms with Gasteiger partial charge in [-0.3, -0.25) is 0 Å². The van der Waals surface area contributed by atoms with Gasteiger partial charge in [0, 0.05) is 24.7 Å². The number of aromatic nitrogens is 2. The standard InChI is InChI=1S/C17H21N3O6S/c1-23-12-4-5-14(24-2)15(10-12)27(21,22)20-9-8-13(11-20)26-17-7-6-16(25-3)18-19-17/h4-7,10,13H,8-9,11H2,1-3H3. The van der Waals surface area contributed by atoms with Crippen molar-refractivity contribution in [1.82, 2.24) is 14.5 Å². The van der Waals surface area contributed by atoms with Crippen LogP contribution in [0, 0.1) is 0 Å². The molecule has 2 heterocycles. The van der Waals surface area contributed by atoms with E-state index in [1.165, 1.54) is 31.7 Å². The molecule has 1 aliphatic rings. The Balaban J connectivity index is 1.75. The van der Waals surface area contributed by atoms with Gasteiger partial charge in [-0.2, -0.15) is 4.31 Å². The summed E-state index contributed by atoms with van der Waals surface area (Å²) >= 11 is 0. The fourth-order valence-corrected chi connectivity index (χ4v) is 4.44. The number of hydrogen-bond donors (Lipinski definition) is 0. The van der Waals surface area contributed by atoms with E-state index in [1.807, 2.05) is 0 Å². The third kappa shape index (κ3) is 4.06. The van der Waals surface area contributed by atoms with Crippen molar-refractivity contribution in [2.24, 2.45) is 0 Å². The number of benzene rings is 1. The van der Waals surface area contributed by atoms with Crippen molar-refractivity contribution in [2.45, 2.75) is 17.4 Å². The predicted molar refractivity (Wildman–Crippen MR) is 95.9 cm³/mol. The van der Waals surface area contributed by atoms with Gasteiger partial charge < -0.3 is 18.9 Å². The molecule has 146 valence electrons. The molecule has 0 radical (unpaired) electrons. The molecule has 0 amide bonds. The summed E-state index contributed by atoms with van der Waals surface area (Å²) in [5.74, 6) is 1.40. The second-order valence-corrected chi connectivity index (χ2v) is 7.73. The van der Waals surface area contributed by atoms with Crippen molar-refractivity contribution in [3.05, 3.63) is 30.3 Å². The van der Waals surface area contributed by atoms with Crippen molar-refractivity contribution >= 4 is 10.0 Å². The molecule has 1 saturated heterocycles. The monoisotopic (exact) mass is 395 g/mol. The SMILES string of the molecule is COc1ccc(OC)c(S(=O)(=O)N2CCC(Oc3ccc(OC)nn3)C2)c1. The molecule has 1 fully saturated rings. The smallest absolute Gasteiger partial charge is 0.247 e. The zero-order valence-corrected chi connectivity index (χ0v) is 16.1. The van der Waals surface area contributed by atoms with Gasteiger partial charge >= 0.3 is 0 Å². The molecule has 0 saturated carbocycles. The van der Waals surface area contributed by atoms with Gasteiger partial charge in [-0.25, -0.2) is 8.42 Å². The van der Waals surface area contributed by atoms with E-state index in [4.69, 9.17) is 18.9 Å². The van der Waals surface area contributed by atoms with E-state index in [-0.39, 0.29) is 23.3 Å². The van der Waals surface area contributed by atoms with E-state index >= 15 is 0 Å². The van der Waals surface area contributed by atoms with Gasteiger partial charge in [0.05, 0.1) is 27.9 Å². The quantitative estimate of drug-likeness (QED) is 0.693. The van der Waals surface area contributed by atoms with Crippen LogP contribution in [0.1, 0.15) is 6.42 Å².